The minimum absolute atomic E-state index is 0. The van der Waals surface area contributed by atoms with Crippen LogP contribution in [0.1, 0.15) is 132 Å². The van der Waals surface area contributed by atoms with Crippen molar-refractivity contribution in [3.05, 3.63) is 11.1 Å². The van der Waals surface area contributed by atoms with Crippen molar-refractivity contribution >= 4 is 17.9 Å². The number of carbonyl (C=O) groups excluding carboxylic acids is 3. The summed E-state index contributed by atoms with van der Waals surface area (Å²) in [6.07, 6.45) is 10.1. The Bertz CT molecular complexity index is 1150. The summed E-state index contributed by atoms with van der Waals surface area (Å²) in [5.74, 6) is -1.80. The van der Waals surface area contributed by atoms with Gasteiger partial charge in [-0.1, -0.05) is 59.6 Å². The fourth-order valence-electron chi connectivity index (χ4n) is 11.1. The maximum absolute atomic E-state index is 12.5. The smallest absolute Gasteiger partial charge is 0.550 e. The van der Waals surface area contributed by atoms with E-state index in [-0.39, 0.29) is 149 Å². The average Bonchev–Trinajstić information content (AvgIpc) is 2.87. The van der Waals surface area contributed by atoms with E-state index in [2.05, 4.69) is 41.5 Å². The first-order valence-electron chi connectivity index (χ1n) is 15.8. The second-order valence-corrected chi connectivity index (χ2v) is 16.2. The van der Waals surface area contributed by atoms with Crippen LogP contribution in [0, 0.1) is 44.3 Å². The van der Waals surface area contributed by atoms with Gasteiger partial charge in [0.1, 0.15) is 6.10 Å². The minimum atomic E-state index is -1.22. The van der Waals surface area contributed by atoms with Crippen LogP contribution in [-0.2, 0) is 19.1 Å². The Labute approximate surface area is 338 Å². The maximum Gasteiger partial charge on any atom is 1.00 e. The number of carbonyl (C=O) groups is 3. The van der Waals surface area contributed by atoms with Crippen LogP contribution in [0.4, 0.5) is 0 Å². The second kappa shape index (κ2) is 12.8. The van der Waals surface area contributed by atoms with E-state index in [0.717, 1.165) is 64.2 Å². The summed E-state index contributed by atoms with van der Waals surface area (Å²) in [7, 11) is 0. The van der Waals surface area contributed by atoms with Gasteiger partial charge in [0.15, 0.2) is 0 Å². The molecule has 8 atom stereocenters. The van der Waals surface area contributed by atoms with Crippen molar-refractivity contribution in [3.63, 3.8) is 0 Å². The molecule has 224 valence electrons. The van der Waals surface area contributed by atoms with Gasteiger partial charge in [-0.05, 0) is 111 Å². The third-order valence-electron chi connectivity index (χ3n) is 14.0. The van der Waals surface area contributed by atoms with E-state index in [1.807, 2.05) is 6.92 Å². The molecule has 3 fully saturated rings. The zero-order chi connectivity index (χ0) is 29.5. The Balaban J connectivity index is 0.00000242. The summed E-state index contributed by atoms with van der Waals surface area (Å²) < 4.78 is 5.92. The maximum atomic E-state index is 12.5. The average molecular weight is 633 g/mol. The van der Waals surface area contributed by atoms with Crippen LogP contribution in [-0.4, -0.2) is 24.0 Å². The quantitative estimate of drug-likeness (QED) is 0.222. The van der Waals surface area contributed by atoms with Crippen LogP contribution in [0.15, 0.2) is 11.1 Å². The van der Waals surface area contributed by atoms with Gasteiger partial charge in [0.2, 0.25) is 0 Å². The van der Waals surface area contributed by atoms with Crippen molar-refractivity contribution in [2.45, 2.75) is 138 Å². The molecular formula is C34H50K2O6. The normalized spacial score (nSPS) is 43.6. The fraction of sp³-hybridized carbons (Fsp3) is 0.853. The second-order valence-electron chi connectivity index (χ2n) is 16.2. The van der Waals surface area contributed by atoms with Crippen molar-refractivity contribution in [2.75, 3.05) is 0 Å². The molecule has 0 amide bonds. The van der Waals surface area contributed by atoms with Crippen LogP contribution in [0.25, 0.3) is 0 Å². The molecule has 0 unspecified atom stereocenters. The number of esters is 1. The summed E-state index contributed by atoms with van der Waals surface area (Å²) >= 11 is 0. The molecule has 0 bridgehead atoms. The van der Waals surface area contributed by atoms with Gasteiger partial charge < -0.3 is 24.5 Å². The van der Waals surface area contributed by atoms with Gasteiger partial charge in [-0.15, -0.1) is 0 Å². The molecule has 0 aromatic rings. The van der Waals surface area contributed by atoms with Crippen LogP contribution in [0.5, 0.6) is 0 Å². The molecule has 0 aromatic carbocycles. The molecule has 0 heterocycles. The number of carboxylic acids is 2. The van der Waals surface area contributed by atoms with E-state index < -0.39 is 23.3 Å². The van der Waals surface area contributed by atoms with E-state index in [0.29, 0.717) is 11.8 Å². The molecule has 0 aromatic heterocycles. The molecule has 5 aliphatic rings. The summed E-state index contributed by atoms with van der Waals surface area (Å²) in [5.41, 5.74) is 2.68. The van der Waals surface area contributed by atoms with Crippen LogP contribution < -0.4 is 113 Å². The Morgan fingerprint density at radius 2 is 1.40 bits per heavy atom. The van der Waals surface area contributed by atoms with Crippen molar-refractivity contribution in [2.24, 2.45) is 44.3 Å². The molecule has 5 aliphatic carbocycles. The number of aliphatic carboxylic acids is 2. The van der Waals surface area contributed by atoms with Gasteiger partial charge in [0.05, 0.1) is 6.42 Å². The molecule has 0 saturated heterocycles. The fourth-order valence-corrected chi connectivity index (χ4v) is 11.1. The van der Waals surface area contributed by atoms with Crippen molar-refractivity contribution in [1.29, 1.82) is 0 Å². The molecule has 5 rings (SSSR count). The number of carboxylic acid groups (broad SMARTS) is 2. The number of fused-ring (bicyclic) bond motifs is 6. The Hall–Kier alpha value is 1.42. The van der Waals surface area contributed by atoms with E-state index in [1.54, 1.807) is 11.1 Å². The number of allylic oxidation sites excluding steroid dienone is 2. The Kier molecular flexibility index (Phi) is 11.5. The third kappa shape index (κ3) is 5.87. The van der Waals surface area contributed by atoms with Crippen LogP contribution in [0.2, 0.25) is 0 Å². The van der Waals surface area contributed by atoms with E-state index in [4.69, 9.17) is 4.74 Å². The molecule has 8 heteroatoms. The van der Waals surface area contributed by atoms with Gasteiger partial charge in [-0.25, -0.2) is 0 Å². The number of hydrogen-bond donors (Lipinski definition) is 0. The predicted molar refractivity (Wildman–Crippen MR) is 148 cm³/mol. The van der Waals surface area contributed by atoms with Crippen molar-refractivity contribution in [1.82, 2.24) is 0 Å². The van der Waals surface area contributed by atoms with E-state index in [9.17, 15) is 24.6 Å². The molecule has 0 aliphatic heterocycles. The van der Waals surface area contributed by atoms with Crippen molar-refractivity contribution in [3.8, 4) is 0 Å². The van der Waals surface area contributed by atoms with Gasteiger partial charge in [0.25, 0.3) is 0 Å². The summed E-state index contributed by atoms with van der Waals surface area (Å²) in [4.78, 5) is 35.6. The van der Waals surface area contributed by atoms with Gasteiger partial charge in [0, 0.05) is 22.8 Å². The SMILES string of the molecule is CC1(C)[C@@H](OC(=O)CCC(=O)[O-])CC[C@]2(C)C3=C(CC[C@@H]12)[C@@]1(C)CC[C@@]2(C)CC[C@@](C)(C(=O)[O-])C[C@H]2[C@]1(C)CC3.[K+].[K+]. The largest absolute Gasteiger partial charge is 1.00 e. The molecule has 0 N–H and O–H groups in total. The molecule has 0 spiro atoms. The topological polar surface area (TPSA) is 107 Å². The summed E-state index contributed by atoms with van der Waals surface area (Å²) in [6.45, 7) is 16.3. The number of hydrogen-bond acceptors (Lipinski definition) is 6. The molecule has 0 radical (unpaired) electrons. The van der Waals surface area contributed by atoms with Gasteiger partial charge in [-0.3, -0.25) is 4.79 Å². The van der Waals surface area contributed by atoms with Crippen LogP contribution in [0.3, 0.4) is 0 Å². The Morgan fingerprint density at radius 3 is 2.02 bits per heavy atom. The monoisotopic (exact) mass is 632 g/mol. The minimum Gasteiger partial charge on any atom is -0.550 e. The van der Waals surface area contributed by atoms with Crippen molar-refractivity contribution < 1.29 is 132 Å². The summed E-state index contributed by atoms with van der Waals surface area (Å²) in [6, 6.07) is 0. The molecular weight excluding hydrogens is 583 g/mol. The first-order chi connectivity index (χ1) is 18.4. The first kappa shape index (κ1) is 37.9. The van der Waals surface area contributed by atoms with Gasteiger partial charge in [-0.2, -0.15) is 0 Å². The predicted octanol–water partition coefficient (Wildman–Crippen LogP) is -0.868. The Morgan fingerprint density at radius 1 is 0.762 bits per heavy atom. The molecule has 42 heavy (non-hydrogen) atoms. The van der Waals surface area contributed by atoms with Gasteiger partial charge >= 0.3 is 109 Å². The first-order valence-corrected chi connectivity index (χ1v) is 15.8. The number of ether oxygens (including phenoxy) is 1. The standard InChI is InChI=1S/C34H52O6.2K/c1-29(2)23-9-8-22-21(32(23,5)14-13-25(29)40-27(37)11-10-26(35)36)12-15-34(7)24-20-31(4,28(38)39)17-16-30(24,3)18-19-33(22,34)6;;/h23-25H,8-20H2,1-7H3,(H,35,36)(H,38,39);;/q;2*+1/p-2/t23-,24+,25-,30+,31+,32+,33+,34-;;/m0../s1. The number of rotatable bonds is 5. The third-order valence-corrected chi connectivity index (χ3v) is 14.0. The van der Waals surface area contributed by atoms with E-state index >= 15 is 0 Å². The zero-order valence-corrected chi connectivity index (χ0v) is 34.1. The molecule has 6 nitrogen and oxygen atoms in total. The van der Waals surface area contributed by atoms with E-state index in [1.165, 1.54) is 6.42 Å². The molecule has 3 saturated carbocycles. The summed E-state index contributed by atoms with van der Waals surface area (Å²) in [5, 5.41) is 23.1. The van der Waals surface area contributed by atoms with Crippen LogP contribution >= 0.6 is 0 Å². The zero-order valence-electron chi connectivity index (χ0n) is 27.9.